The second-order valence-electron chi connectivity index (χ2n) is 5.88. The molecule has 0 aliphatic heterocycles. The number of methoxy groups -OCH3 is 2. The molecule has 0 fully saturated rings. The molecule has 27 heavy (non-hydrogen) atoms. The topological polar surface area (TPSA) is 86.5 Å². The smallest absolute Gasteiger partial charge is 0.341 e. The van der Waals surface area contributed by atoms with Crippen LogP contribution < -0.4 is 10.1 Å². The molecule has 4 aromatic rings. The number of nitrogens with zero attached hydrogens (tertiary/aromatic N) is 2. The monoisotopic (exact) mass is 363 g/mol. The number of para-hydroxylation sites is 1. The van der Waals surface area contributed by atoms with Crippen molar-refractivity contribution in [1.82, 2.24) is 9.97 Å². The standard InChI is InChI=1S/C20H17N3O4/c1-25-15-8-7-12(9-14(15)20(24)26-2)10-21-19-18-17(22-11-23-19)13-5-3-4-6-16(13)27-18/h3-9,11H,10H2,1-2H3,(H,21,22,23). The number of carbonyl (C=O) groups excluding carboxylic acids is 1. The third-order valence-electron chi connectivity index (χ3n) is 4.29. The van der Waals surface area contributed by atoms with E-state index in [1.807, 2.05) is 30.3 Å². The lowest BCUT2D eigenvalue weighted by Crippen LogP contribution is -2.07. The van der Waals surface area contributed by atoms with Gasteiger partial charge < -0.3 is 19.2 Å². The molecule has 0 spiro atoms. The first-order valence-electron chi connectivity index (χ1n) is 8.32. The highest BCUT2D eigenvalue weighted by Crippen LogP contribution is 2.30. The van der Waals surface area contributed by atoms with Crippen molar-refractivity contribution in [1.29, 1.82) is 0 Å². The van der Waals surface area contributed by atoms with Gasteiger partial charge in [-0.25, -0.2) is 14.8 Å². The van der Waals surface area contributed by atoms with E-state index < -0.39 is 5.97 Å². The first-order chi connectivity index (χ1) is 13.2. The summed E-state index contributed by atoms with van der Waals surface area (Å²) in [7, 11) is 2.85. The van der Waals surface area contributed by atoms with Crippen molar-refractivity contribution in [3.05, 3.63) is 59.9 Å². The minimum atomic E-state index is -0.449. The highest BCUT2D eigenvalue weighted by atomic mass is 16.5. The largest absolute Gasteiger partial charge is 0.496 e. The van der Waals surface area contributed by atoms with E-state index >= 15 is 0 Å². The maximum Gasteiger partial charge on any atom is 0.341 e. The Kier molecular flexibility index (Phi) is 4.33. The lowest BCUT2D eigenvalue weighted by atomic mass is 10.1. The summed E-state index contributed by atoms with van der Waals surface area (Å²) in [5.74, 6) is 0.606. The first kappa shape index (κ1) is 16.8. The average Bonchev–Trinajstić information content (AvgIpc) is 3.10. The maximum absolute atomic E-state index is 11.9. The Morgan fingerprint density at radius 2 is 2.00 bits per heavy atom. The molecule has 0 saturated heterocycles. The minimum Gasteiger partial charge on any atom is -0.496 e. The molecular formula is C20H17N3O4. The summed E-state index contributed by atoms with van der Waals surface area (Å²) in [6, 6.07) is 13.1. The molecule has 7 heteroatoms. The van der Waals surface area contributed by atoms with Gasteiger partial charge in [-0.05, 0) is 29.8 Å². The van der Waals surface area contributed by atoms with Crippen LogP contribution in [0.5, 0.6) is 5.75 Å². The zero-order chi connectivity index (χ0) is 18.8. The maximum atomic E-state index is 11.9. The van der Waals surface area contributed by atoms with Gasteiger partial charge in [0.2, 0.25) is 0 Å². The van der Waals surface area contributed by atoms with Crippen LogP contribution in [0, 0.1) is 0 Å². The van der Waals surface area contributed by atoms with E-state index in [-0.39, 0.29) is 0 Å². The number of anilines is 1. The van der Waals surface area contributed by atoms with Gasteiger partial charge in [0.15, 0.2) is 11.4 Å². The van der Waals surface area contributed by atoms with Crippen molar-refractivity contribution in [3.8, 4) is 5.75 Å². The van der Waals surface area contributed by atoms with Gasteiger partial charge in [-0.2, -0.15) is 0 Å². The van der Waals surface area contributed by atoms with Gasteiger partial charge >= 0.3 is 5.97 Å². The van der Waals surface area contributed by atoms with Crippen LogP contribution >= 0.6 is 0 Å². The molecule has 2 aromatic carbocycles. The number of benzene rings is 2. The van der Waals surface area contributed by atoms with Crippen LogP contribution in [0.2, 0.25) is 0 Å². The number of rotatable bonds is 5. The summed E-state index contributed by atoms with van der Waals surface area (Å²) in [5.41, 5.74) is 3.36. The Morgan fingerprint density at radius 1 is 1.15 bits per heavy atom. The Hall–Kier alpha value is -3.61. The van der Waals surface area contributed by atoms with Crippen LogP contribution in [0.3, 0.4) is 0 Å². The van der Waals surface area contributed by atoms with Crippen molar-refractivity contribution in [2.75, 3.05) is 19.5 Å². The molecule has 0 unspecified atom stereocenters. The fourth-order valence-corrected chi connectivity index (χ4v) is 2.97. The van der Waals surface area contributed by atoms with Crippen molar-refractivity contribution >= 4 is 33.9 Å². The summed E-state index contributed by atoms with van der Waals surface area (Å²) >= 11 is 0. The van der Waals surface area contributed by atoms with Gasteiger partial charge in [0.25, 0.3) is 0 Å². The van der Waals surface area contributed by atoms with E-state index in [2.05, 4.69) is 15.3 Å². The summed E-state index contributed by atoms with van der Waals surface area (Å²) in [6.45, 7) is 0.442. The fraction of sp³-hybridized carbons (Fsp3) is 0.150. The molecular weight excluding hydrogens is 346 g/mol. The molecule has 0 radical (unpaired) electrons. The van der Waals surface area contributed by atoms with E-state index in [0.29, 0.717) is 29.3 Å². The van der Waals surface area contributed by atoms with Crippen LogP contribution in [0.4, 0.5) is 5.82 Å². The van der Waals surface area contributed by atoms with Gasteiger partial charge in [-0.3, -0.25) is 0 Å². The Balaban J connectivity index is 1.65. The lowest BCUT2D eigenvalue weighted by molar-refractivity contribution is 0.0597. The molecule has 0 aliphatic carbocycles. The molecule has 7 nitrogen and oxygen atoms in total. The number of fused-ring (bicyclic) bond motifs is 3. The second-order valence-corrected chi connectivity index (χ2v) is 5.88. The molecule has 4 rings (SSSR count). The van der Waals surface area contributed by atoms with Gasteiger partial charge in [0.1, 0.15) is 28.7 Å². The molecule has 2 heterocycles. The Morgan fingerprint density at radius 3 is 2.81 bits per heavy atom. The molecule has 0 saturated carbocycles. The first-order valence-corrected chi connectivity index (χ1v) is 8.32. The van der Waals surface area contributed by atoms with Crippen molar-refractivity contribution in [2.45, 2.75) is 6.54 Å². The van der Waals surface area contributed by atoms with Gasteiger partial charge in [0, 0.05) is 11.9 Å². The predicted molar refractivity (Wildman–Crippen MR) is 101 cm³/mol. The second kappa shape index (κ2) is 6.95. The molecule has 2 aromatic heterocycles. The van der Waals surface area contributed by atoms with Gasteiger partial charge in [-0.15, -0.1) is 0 Å². The zero-order valence-electron chi connectivity index (χ0n) is 14.9. The van der Waals surface area contributed by atoms with Crippen LogP contribution in [0.15, 0.2) is 53.2 Å². The number of hydrogen-bond donors (Lipinski definition) is 1. The van der Waals surface area contributed by atoms with E-state index in [1.54, 1.807) is 12.1 Å². The highest BCUT2D eigenvalue weighted by molar-refractivity contribution is 6.05. The fourth-order valence-electron chi connectivity index (χ4n) is 2.97. The summed E-state index contributed by atoms with van der Waals surface area (Å²) < 4.78 is 15.9. The molecule has 0 bridgehead atoms. The number of hydrogen-bond acceptors (Lipinski definition) is 7. The van der Waals surface area contributed by atoms with Crippen LogP contribution in [-0.4, -0.2) is 30.2 Å². The number of nitrogens with one attached hydrogen (secondary N) is 1. The van der Waals surface area contributed by atoms with Crippen molar-refractivity contribution in [3.63, 3.8) is 0 Å². The molecule has 0 atom stereocenters. The Bertz CT molecular complexity index is 1140. The third-order valence-corrected chi connectivity index (χ3v) is 4.29. The molecule has 1 N–H and O–H groups in total. The number of esters is 1. The van der Waals surface area contributed by atoms with Gasteiger partial charge in [0.05, 0.1) is 14.2 Å². The third kappa shape index (κ3) is 3.03. The normalized spacial score (nSPS) is 10.9. The Labute approximate surface area is 154 Å². The van der Waals surface area contributed by atoms with E-state index in [9.17, 15) is 4.79 Å². The lowest BCUT2D eigenvalue weighted by Gasteiger charge is -2.10. The number of carbonyl (C=O) groups is 1. The van der Waals surface area contributed by atoms with E-state index in [1.165, 1.54) is 20.5 Å². The number of aromatic nitrogens is 2. The zero-order valence-corrected chi connectivity index (χ0v) is 14.9. The highest BCUT2D eigenvalue weighted by Gasteiger charge is 2.15. The van der Waals surface area contributed by atoms with E-state index in [0.717, 1.165) is 22.0 Å². The summed E-state index contributed by atoms with van der Waals surface area (Å²) in [6.07, 6.45) is 1.50. The average molecular weight is 363 g/mol. The predicted octanol–water partition coefficient (Wildman–Crippen LogP) is 3.78. The van der Waals surface area contributed by atoms with Crippen LogP contribution in [0.1, 0.15) is 15.9 Å². The molecule has 0 aliphatic rings. The number of ether oxygens (including phenoxy) is 2. The van der Waals surface area contributed by atoms with Crippen molar-refractivity contribution < 1.29 is 18.7 Å². The van der Waals surface area contributed by atoms with Crippen LogP contribution in [0.25, 0.3) is 22.1 Å². The summed E-state index contributed by atoms with van der Waals surface area (Å²) in [5, 5.41) is 4.19. The van der Waals surface area contributed by atoms with Crippen LogP contribution in [-0.2, 0) is 11.3 Å². The van der Waals surface area contributed by atoms with Crippen molar-refractivity contribution in [2.24, 2.45) is 0 Å². The quantitative estimate of drug-likeness (QED) is 0.540. The van der Waals surface area contributed by atoms with Gasteiger partial charge in [-0.1, -0.05) is 18.2 Å². The molecule has 136 valence electrons. The SMILES string of the molecule is COC(=O)c1cc(CNc2ncnc3c2oc2ccccc23)ccc1OC. The summed E-state index contributed by atoms with van der Waals surface area (Å²) in [4.78, 5) is 20.6. The molecule has 0 amide bonds. The minimum absolute atomic E-state index is 0.371. The number of furan rings is 1. The van der Waals surface area contributed by atoms with E-state index in [4.69, 9.17) is 13.9 Å².